The lowest BCUT2D eigenvalue weighted by molar-refractivity contribution is 0.101. The summed E-state index contributed by atoms with van der Waals surface area (Å²) in [6.07, 6.45) is 1.75. The molecule has 0 aliphatic carbocycles. The number of Topliss-reactive ketones (excluding diaryl/α,β-unsaturated/α-hetero) is 1. The van der Waals surface area contributed by atoms with Crippen molar-refractivity contribution in [2.45, 2.75) is 13.8 Å². The van der Waals surface area contributed by atoms with E-state index in [1.165, 1.54) is 19.1 Å². The van der Waals surface area contributed by atoms with E-state index in [1.54, 1.807) is 24.0 Å². The van der Waals surface area contributed by atoms with Gasteiger partial charge >= 0.3 is 0 Å². The second-order valence-electron chi connectivity index (χ2n) is 4.05. The maximum atomic E-state index is 13.8. The summed E-state index contributed by atoms with van der Waals surface area (Å²) in [6, 6.07) is 4.38. The molecule has 1 aromatic carbocycles. The molecular weight excluding hydrogens is 219 g/mol. The van der Waals surface area contributed by atoms with E-state index in [-0.39, 0.29) is 11.6 Å². The molecule has 0 radical (unpaired) electrons. The molecule has 0 bridgehead atoms. The van der Waals surface area contributed by atoms with Crippen molar-refractivity contribution in [3.63, 3.8) is 0 Å². The van der Waals surface area contributed by atoms with Crippen LogP contribution in [0.2, 0.25) is 0 Å². The number of hydrogen-bond donors (Lipinski definition) is 0. The molecule has 17 heavy (non-hydrogen) atoms. The average Bonchev–Trinajstić information content (AvgIpc) is 2.58. The van der Waals surface area contributed by atoms with Crippen LogP contribution in [0.15, 0.2) is 24.4 Å². The molecule has 1 aromatic heterocycles. The summed E-state index contributed by atoms with van der Waals surface area (Å²) < 4.78 is 15.4. The molecule has 4 heteroatoms. The van der Waals surface area contributed by atoms with Gasteiger partial charge in [-0.3, -0.25) is 9.48 Å². The number of rotatable bonds is 2. The van der Waals surface area contributed by atoms with Gasteiger partial charge in [-0.1, -0.05) is 0 Å². The smallest absolute Gasteiger partial charge is 0.159 e. The summed E-state index contributed by atoms with van der Waals surface area (Å²) in [4.78, 5) is 11.3. The van der Waals surface area contributed by atoms with Gasteiger partial charge in [-0.2, -0.15) is 5.10 Å². The molecule has 3 nitrogen and oxygen atoms in total. The van der Waals surface area contributed by atoms with Gasteiger partial charge in [0.15, 0.2) is 5.78 Å². The van der Waals surface area contributed by atoms with E-state index in [1.807, 2.05) is 6.92 Å². The van der Waals surface area contributed by atoms with Crippen molar-refractivity contribution in [3.05, 3.63) is 41.5 Å². The number of aromatic nitrogens is 2. The molecule has 0 N–H and O–H groups in total. The molecule has 0 unspecified atom stereocenters. The Labute approximate surface area is 98.9 Å². The highest BCUT2D eigenvalue weighted by molar-refractivity contribution is 5.95. The van der Waals surface area contributed by atoms with Crippen molar-refractivity contribution in [2.24, 2.45) is 7.05 Å². The molecule has 0 aliphatic rings. The number of halogens is 1. The van der Waals surface area contributed by atoms with Crippen molar-refractivity contribution in [3.8, 4) is 11.1 Å². The monoisotopic (exact) mass is 232 g/mol. The molecule has 0 amide bonds. The fourth-order valence-electron chi connectivity index (χ4n) is 1.81. The topological polar surface area (TPSA) is 34.9 Å². The Hall–Kier alpha value is -1.97. The lowest BCUT2D eigenvalue weighted by atomic mass is 10.0. The van der Waals surface area contributed by atoms with Crippen molar-refractivity contribution in [1.82, 2.24) is 9.78 Å². The minimum absolute atomic E-state index is 0.0761. The first-order chi connectivity index (χ1) is 7.99. The highest BCUT2D eigenvalue weighted by atomic mass is 19.1. The van der Waals surface area contributed by atoms with Gasteiger partial charge in [-0.25, -0.2) is 4.39 Å². The average molecular weight is 232 g/mol. The summed E-state index contributed by atoms with van der Waals surface area (Å²) >= 11 is 0. The first-order valence-electron chi connectivity index (χ1n) is 5.30. The molecule has 1 heterocycles. The third-order valence-electron chi connectivity index (χ3n) is 2.68. The predicted molar refractivity (Wildman–Crippen MR) is 63.3 cm³/mol. The maximum Gasteiger partial charge on any atom is 0.159 e. The first-order valence-corrected chi connectivity index (χ1v) is 5.30. The van der Waals surface area contributed by atoms with Crippen LogP contribution in [0.5, 0.6) is 0 Å². The molecular formula is C13H13FN2O. The number of ketones is 1. The molecule has 0 fully saturated rings. The normalized spacial score (nSPS) is 10.6. The van der Waals surface area contributed by atoms with E-state index in [4.69, 9.17) is 0 Å². The zero-order valence-corrected chi connectivity index (χ0v) is 9.99. The van der Waals surface area contributed by atoms with E-state index < -0.39 is 0 Å². The summed E-state index contributed by atoms with van der Waals surface area (Å²) in [5, 5.41) is 4.17. The van der Waals surface area contributed by atoms with Crippen molar-refractivity contribution in [1.29, 1.82) is 0 Å². The summed E-state index contributed by atoms with van der Waals surface area (Å²) in [6.45, 7) is 3.28. The van der Waals surface area contributed by atoms with Crippen LogP contribution in [-0.2, 0) is 7.05 Å². The Bertz CT molecular complexity index is 587. The standard InChI is InChI=1S/C13H13FN2O/c1-8-12(7-16(3)15-8)11-6-10(9(2)17)4-5-13(11)14/h4-7H,1-3H3. The van der Waals surface area contributed by atoms with Crippen LogP contribution >= 0.6 is 0 Å². The van der Waals surface area contributed by atoms with Gasteiger partial charge in [0.1, 0.15) is 5.82 Å². The summed E-state index contributed by atoms with van der Waals surface area (Å²) in [5.41, 5.74) is 2.38. The number of carbonyl (C=O) groups is 1. The zero-order chi connectivity index (χ0) is 12.6. The highest BCUT2D eigenvalue weighted by Crippen LogP contribution is 2.26. The van der Waals surface area contributed by atoms with Gasteiger partial charge < -0.3 is 0 Å². The van der Waals surface area contributed by atoms with E-state index >= 15 is 0 Å². The Balaban J connectivity index is 2.62. The molecule has 0 atom stereocenters. The first kappa shape index (κ1) is 11.5. The number of aryl methyl sites for hydroxylation is 2. The number of benzene rings is 1. The van der Waals surface area contributed by atoms with Crippen LogP contribution in [0.25, 0.3) is 11.1 Å². The summed E-state index contributed by atoms with van der Waals surface area (Å²) in [5.74, 6) is -0.418. The van der Waals surface area contributed by atoms with Crippen LogP contribution in [0, 0.1) is 12.7 Å². The molecule has 2 rings (SSSR count). The second kappa shape index (κ2) is 4.13. The van der Waals surface area contributed by atoms with Gasteiger partial charge in [0.25, 0.3) is 0 Å². The van der Waals surface area contributed by atoms with Crippen LogP contribution in [0.3, 0.4) is 0 Å². The van der Waals surface area contributed by atoms with Crippen molar-refractivity contribution >= 4 is 5.78 Å². The van der Waals surface area contributed by atoms with Gasteiger partial charge in [0, 0.05) is 29.9 Å². The van der Waals surface area contributed by atoms with Gasteiger partial charge in [0.05, 0.1) is 5.69 Å². The third kappa shape index (κ3) is 2.11. The Morgan fingerprint density at radius 3 is 2.59 bits per heavy atom. The predicted octanol–water partition coefficient (Wildman–Crippen LogP) is 2.74. The lowest BCUT2D eigenvalue weighted by Crippen LogP contribution is -1.94. The molecule has 0 aliphatic heterocycles. The molecule has 0 saturated carbocycles. The number of carbonyl (C=O) groups excluding carboxylic acids is 1. The largest absolute Gasteiger partial charge is 0.295 e. The highest BCUT2D eigenvalue weighted by Gasteiger charge is 2.12. The maximum absolute atomic E-state index is 13.8. The quantitative estimate of drug-likeness (QED) is 0.746. The van der Waals surface area contributed by atoms with E-state index in [9.17, 15) is 9.18 Å². The summed E-state index contributed by atoms with van der Waals surface area (Å²) in [7, 11) is 1.78. The zero-order valence-electron chi connectivity index (χ0n) is 9.99. The van der Waals surface area contributed by atoms with Gasteiger partial charge in [-0.05, 0) is 32.0 Å². The minimum atomic E-state index is -0.342. The minimum Gasteiger partial charge on any atom is -0.295 e. The van der Waals surface area contributed by atoms with Gasteiger partial charge in [-0.15, -0.1) is 0 Å². The molecule has 0 spiro atoms. The number of hydrogen-bond acceptors (Lipinski definition) is 2. The molecule has 0 saturated heterocycles. The molecule has 88 valence electrons. The van der Waals surface area contributed by atoms with E-state index in [0.717, 1.165) is 5.69 Å². The lowest BCUT2D eigenvalue weighted by Gasteiger charge is -2.03. The van der Waals surface area contributed by atoms with Crippen LogP contribution < -0.4 is 0 Å². The van der Waals surface area contributed by atoms with E-state index in [2.05, 4.69) is 5.10 Å². The van der Waals surface area contributed by atoms with E-state index in [0.29, 0.717) is 16.7 Å². The van der Waals surface area contributed by atoms with Crippen LogP contribution in [0.4, 0.5) is 4.39 Å². The second-order valence-corrected chi connectivity index (χ2v) is 4.05. The van der Waals surface area contributed by atoms with Gasteiger partial charge in [0.2, 0.25) is 0 Å². The Morgan fingerprint density at radius 1 is 1.35 bits per heavy atom. The fourth-order valence-corrected chi connectivity index (χ4v) is 1.81. The Morgan fingerprint density at radius 2 is 2.06 bits per heavy atom. The van der Waals surface area contributed by atoms with Crippen LogP contribution in [-0.4, -0.2) is 15.6 Å². The third-order valence-corrected chi connectivity index (χ3v) is 2.68. The van der Waals surface area contributed by atoms with Crippen molar-refractivity contribution in [2.75, 3.05) is 0 Å². The SMILES string of the molecule is CC(=O)c1ccc(F)c(-c2cn(C)nc2C)c1. The number of nitrogens with zero attached hydrogens (tertiary/aromatic N) is 2. The molecule has 2 aromatic rings. The van der Waals surface area contributed by atoms with Crippen molar-refractivity contribution < 1.29 is 9.18 Å². The Kier molecular flexibility index (Phi) is 2.79. The fraction of sp³-hybridized carbons (Fsp3) is 0.231. The van der Waals surface area contributed by atoms with Crippen LogP contribution in [0.1, 0.15) is 23.0 Å².